The van der Waals surface area contributed by atoms with E-state index in [9.17, 15) is 9.90 Å². The molecule has 2 heterocycles. The van der Waals surface area contributed by atoms with Crippen molar-refractivity contribution < 1.29 is 24.1 Å². The molecular formula is C29H28N2O5. The van der Waals surface area contributed by atoms with Crippen molar-refractivity contribution >= 4 is 5.97 Å². The Morgan fingerprint density at radius 2 is 1.19 bits per heavy atom. The van der Waals surface area contributed by atoms with E-state index in [2.05, 4.69) is 4.98 Å². The quantitative estimate of drug-likeness (QED) is 0.343. The molecule has 36 heavy (non-hydrogen) atoms. The predicted molar refractivity (Wildman–Crippen MR) is 133 cm³/mol. The maximum Gasteiger partial charge on any atom is 0.329 e. The number of aliphatic carboxylic acids is 1. The summed E-state index contributed by atoms with van der Waals surface area (Å²) in [6.07, 6.45) is 1.12. The Kier molecular flexibility index (Phi) is 7.52. The number of aromatic nitrogens is 2. The molecule has 0 bridgehead atoms. The number of carboxylic acids is 1. The van der Waals surface area contributed by atoms with E-state index in [0.717, 1.165) is 16.7 Å². The van der Waals surface area contributed by atoms with Crippen LogP contribution >= 0.6 is 0 Å². The lowest BCUT2D eigenvalue weighted by molar-refractivity contribution is -0.191. The summed E-state index contributed by atoms with van der Waals surface area (Å²) in [4.78, 5) is 17.0. The summed E-state index contributed by atoms with van der Waals surface area (Å²) in [5, 5.41) is 10.2. The zero-order valence-electron chi connectivity index (χ0n) is 19.7. The van der Waals surface area contributed by atoms with Gasteiger partial charge in [-0.2, -0.15) is 0 Å². The van der Waals surface area contributed by atoms with Crippen LogP contribution < -0.4 is 0 Å². The van der Waals surface area contributed by atoms with Gasteiger partial charge in [-0.05, 0) is 16.7 Å². The van der Waals surface area contributed by atoms with E-state index in [-0.39, 0.29) is 13.2 Å². The Bertz CT molecular complexity index is 1250. The number of nitrogens with zero attached hydrogens (tertiary/aromatic N) is 2. The molecule has 0 spiro atoms. The van der Waals surface area contributed by atoms with E-state index in [4.69, 9.17) is 14.2 Å². The van der Waals surface area contributed by atoms with Crippen molar-refractivity contribution in [2.45, 2.75) is 44.2 Å². The van der Waals surface area contributed by atoms with Crippen LogP contribution in [0.5, 0.6) is 0 Å². The van der Waals surface area contributed by atoms with Crippen LogP contribution in [0.15, 0.2) is 103 Å². The van der Waals surface area contributed by atoms with E-state index in [0.29, 0.717) is 12.4 Å². The molecule has 4 atom stereocenters. The van der Waals surface area contributed by atoms with Gasteiger partial charge >= 0.3 is 5.97 Å². The van der Waals surface area contributed by atoms with Gasteiger partial charge in [0.1, 0.15) is 24.1 Å². The van der Waals surface area contributed by atoms with E-state index < -0.39 is 30.3 Å². The largest absolute Gasteiger partial charge is 0.480 e. The molecule has 1 aromatic heterocycles. The van der Waals surface area contributed by atoms with Crippen LogP contribution in [-0.2, 0) is 38.8 Å². The van der Waals surface area contributed by atoms with Crippen molar-refractivity contribution in [3.63, 3.8) is 0 Å². The summed E-state index contributed by atoms with van der Waals surface area (Å²) < 4.78 is 20.7. The third-order valence-corrected chi connectivity index (χ3v) is 6.28. The molecule has 0 saturated heterocycles. The molecule has 3 aromatic carbocycles. The van der Waals surface area contributed by atoms with Gasteiger partial charge < -0.3 is 23.9 Å². The van der Waals surface area contributed by atoms with Crippen molar-refractivity contribution in [1.29, 1.82) is 0 Å². The van der Waals surface area contributed by atoms with Crippen molar-refractivity contribution in [3.05, 3.63) is 126 Å². The van der Waals surface area contributed by atoms with Gasteiger partial charge in [-0.1, -0.05) is 91.0 Å². The van der Waals surface area contributed by atoms with Crippen LogP contribution in [0.25, 0.3) is 0 Å². The standard InChI is InChI=1S/C29H28N2O5/c32-29(33)24-25(34-18-21-10-4-1-5-11-21)26(35-19-22-12-6-2-7-13-22)27(28-30-16-17-31(24)28)36-20-23-14-8-3-9-15-23/h1-17,24-27H,18-20H2,(H,32,33)/t24-,25+,26-,27+/m0/s1. The summed E-state index contributed by atoms with van der Waals surface area (Å²) in [5.74, 6) is -0.502. The van der Waals surface area contributed by atoms with E-state index in [1.807, 2.05) is 91.0 Å². The van der Waals surface area contributed by atoms with Crippen molar-refractivity contribution in [3.8, 4) is 0 Å². The van der Waals surface area contributed by atoms with E-state index in [1.54, 1.807) is 17.0 Å². The van der Waals surface area contributed by atoms with Crippen molar-refractivity contribution in [1.82, 2.24) is 9.55 Å². The van der Waals surface area contributed by atoms with Gasteiger partial charge in [0, 0.05) is 12.4 Å². The fraction of sp³-hybridized carbons (Fsp3) is 0.241. The number of fused-ring (bicyclic) bond motifs is 1. The lowest BCUT2D eigenvalue weighted by Crippen LogP contribution is -2.51. The highest BCUT2D eigenvalue weighted by molar-refractivity contribution is 5.73. The summed E-state index contributed by atoms with van der Waals surface area (Å²) in [6, 6.07) is 28.3. The SMILES string of the molecule is O=C(O)[C@@H]1[C@@H](OCc2ccccc2)[C@H](OCc2ccccc2)[C@@H](OCc2ccccc2)c2nccn21. The zero-order chi connectivity index (χ0) is 24.7. The minimum Gasteiger partial charge on any atom is -0.480 e. The third-order valence-electron chi connectivity index (χ3n) is 6.28. The van der Waals surface area contributed by atoms with Gasteiger partial charge in [-0.15, -0.1) is 0 Å². The molecule has 0 fully saturated rings. The van der Waals surface area contributed by atoms with Crippen molar-refractivity contribution in [2.75, 3.05) is 0 Å². The summed E-state index contributed by atoms with van der Waals surface area (Å²) in [5.41, 5.74) is 2.92. The van der Waals surface area contributed by atoms with E-state index in [1.165, 1.54) is 0 Å². The van der Waals surface area contributed by atoms with Crippen LogP contribution in [0.1, 0.15) is 34.7 Å². The van der Waals surface area contributed by atoms with Crippen LogP contribution in [-0.4, -0.2) is 32.8 Å². The van der Waals surface area contributed by atoms with Crippen molar-refractivity contribution in [2.24, 2.45) is 0 Å². The summed E-state index contributed by atoms with van der Waals surface area (Å²) in [6.45, 7) is 0.859. The first-order valence-corrected chi connectivity index (χ1v) is 11.9. The normalized spacial score (nSPS) is 21.1. The molecule has 7 heteroatoms. The highest BCUT2D eigenvalue weighted by Gasteiger charge is 2.49. The second kappa shape index (κ2) is 11.3. The number of carbonyl (C=O) groups is 1. The minimum atomic E-state index is -1.01. The predicted octanol–water partition coefficient (Wildman–Crippen LogP) is 4.95. The third kappa shape index (κ3) is 5.39. The molecule has 5 rings (SSSR count). The van der Waals surface area contributed by atoms with Gasteiger partial charge in [-0.3, -0.25) is 0 Å². The smallest absolute Gasteiger partial charge is 0.329 e. The van der Waals surface area contributed by atoms with Gasteiger partial charge in [0.25, 0.3) is 0 Å². The van der Waals surface area contributed by atoms with Gasteiger partial charge in [0.15, 0.2) is 6.04 Å². The molecule has 4 aromatic rings. The van der Waals surface area contributed by atoms with Crippen LogP contribution in [0.2, 0.25) is 0 Å². The number of ether oxygens (including phenoxy) is 3. The molecule has 1 aliphatic rings. The lowest BCUT2D eigenvalue weighted by atomic mass is 9.94. The first-order valence-electron chi connectivity index (χ1n) is 11.9. The Balaban J connectivity index is 1.48. The maximum absolute atomic E-state index is 12.5. The minimum absolute atomic E-state index is 0.246. The molecule has 0 amide bonds. The first-order chi connectivity index (χ1) is 17.7. The molecule has 0 saturated carbocycles. The molecule has 7 nitrogen and oxygen atoms in total. The Labute approximate surface area is 209 Å². The topological polar surface area (TPSA) is 82.8 Å². The fourth-order valence-corrected chi connectivity index (χ4v) is 4.53. The maximum atomic E-state index is 12.5. The number of hydrogen-bond acceptors (Lipinski definition) is 5. The van der Waals surface area contributed by atoms with Gasteiger partial charge in [0.2, 0.25) is 0 Å². The number of imidazole rings is 1. The number of rotatable bonds is 10. The van der Waals surface area contributed by atoms with E-state index >= 15 is 0 Å². The monoisotopic (exact) mass is 484 g/mol. The number of carboxylic acid groups (broad SMARTS) is 1. The Morgan fingerprint density at radius 3 is 1.69 bits per heavy atom. The Morgan fingerprint density at radius 1 is 0.722 bits per heavy atom. The van der Waals surface area contributed by atoms with Crippen LogP contribution in [0.4, 0.5) is 0 Å². The molecule has 1 N–H and O–H groups in total. The molecule has 184 valence electrons. The van der Waals surface area contributed by atoms with Gasteiger partial charge in [0.05, 0.1) is 19.8 Å². The highest BCUT2D eigenvalue weighted by Crippen LogP contribution is 2.39. The summed E-state index contributed by atoms with van der Waals surface area (Å²) in [7, 11) is 0. The lowest BCUT2D eigenvalue weighted by Gasteiger charge is -2.41. The number of hydrogen-bond donors (Lipinski definition) is 1. The second-order valence-corrected chi connectivity index (χ2v) is 8.72. The number of benzene rings is 3. The average molecular weight is 485 g/mol. The molecule has 0 aliphatic carbocycles. The molecular weight excluding hydrogens is 456 g/mol. The first kappa shape index (κ1) is 23.9. The molecule has 1 aliphatic heterocycles. The summed E-state index contributed by atoms with van der Waals surface area (Å²) >= 11 is 0. The second-order valence-electron chi connectivity index (χ2n) is 8.72. The van der Waals surface area contributed by atoms with Crippen LogP contribution in [0, 0.1) is 0 Å². The van der Waals surface area contributed by atoms with Crippen LogP contribution in [0.3, 0.4) is 0 Å². The van der Waals surface area contributed by atoms with Gasteiger partial charge in [-0.25, -0.2) is 9.78 Å². The zero-order valence-corrected chi connectivity index (χ0v) is 19.7. The molecule has 0 unspecified atom stereocenters. The fourth-order valence-electron chi connectivity index (χ4n) is 4.53. The highest BCUT2D eigenvalue weighted by atomic mass is 16.6. The average Bonchev–Trinajstić information content (AvgIpc) is 3.40. The molecule has 0 radical (unpaired) electrons. The Hall–Kier alpha value is -3.78.